The van der Waals surface area contributed by atoms with Crippen molar-refractivity contribution in [3.63, 3.8) is 0 Å². The second-order valence-corrected chi connectivity index (χ2v) is 37.0. The number of hydrogen-bond acceptors (Lipinski definition) is 15. The molecule has 147 heavy (non-hydrogen) atoms. The van der Waals surface area contributed by atoms with Gasteiger partial charge in [-0.25, -0.2) is 26.3 Å². The first kappa shape index (κ1) is 105. The van der Waals surface area contributed by atoms with Gasteiger partial charge in [0.05, 0.1) is 91.9 Å². The van der Waals surface area contributed by atoms with Crippen molar-refractivity contribution in [1.29, 1.82) is 10.5 Å². The molecule has 0 bridgehead atoms. The number of aromatic nitrogens is 10. The van der Waals surface area contributed by atoms with Gasteiger partial charge < -0.3 is 39.4 Å². The van der Waals surface area contributed by atoms with Crippen molar-refractivity contribution in [2.45, 2.75) is 78.0 Å². The van der Waals surface area contributed by atoms with Crippen LogP contribution >= 0.6 is 116 Å². The number of anilines is 1. The summed E-state index contributed by atoms with van der Waals surface area (Å²) in [5.74, 6) is -2.36. The minimum Gasteiger partial charge on any atom is -0.496 e. The number of ether oxygens (including phenoxy) is 2. The van der Waals surface area contributed by atoms with E-state index in [1.54, 1.807) is 153 Å². The second-order valence-electron chi connectivity index (χ2n) is 33.0. The van der Waals surface area contributed by atoms with Gasteiger partial charge in [-0.2, -0.15) is 34.2 Å². The number of benzene rings is 10. The highest BCUT2D eigenvalue weighted by molar-refractivity contribution is 6.38. The Hall–Kier alpha value is -14.5. The van der Waals surface area contributed by atoms with Crippen LogP contribution in [0.4, 0.5) is 32.0 Å². The van der Waals surface area contributed by atoms with E-state index in [0.29, 0.717) is 93.6 Å². The molecule has 10 heterocycles. The molecule has 0 aliphatic heterocycles. The fourth-order valence-electron chi connectivity index (χ4n) is 16.2. The second kappa shape index (κ2) is 46.9. The van der Waals surface area contributed by atoms with Gasteiger partial charge in [0, 0.05) is 165 Å². The fraction of sp³-hybridized carbons (Fsp3) is 0.126. The number of hydrogen-bond donors (Lipinski definition) is 1. The van der Waals surface area contributed by atoms with Crippen molar-refractivity contribution in [3.05, 3.63) is 423 Å². The van der Waals surface area contributed by atoms with Crippen LogP contribution in [0.3, 0.4) is 0 Å². The fourth-order valence-corrected chi connectivity index (χ4v) is 19.6. The van der Waals surface area contributed by atoms with Crippen LogP contribution in [-0.4, -0.2) is 62.8 Å². The summed E-state index contributed by atoms with van der Waals surface area (Å²) in [4.78, 5) is 52.4. The Bertz CT molecular complexity index is 8390. The number of halogens is 16. The average molecular weight is 2180 g/mol. The van der Waals surface area contributed by atoms with Gasteiger partial charge in [0.15, 0.2) is 42.1 Å². The van der Waals surface area contributed by atoms with E-state index in [0.717, 1.165) is 106 Å². The zero-order valence-corrected chi connectivity index (χ0v) is 86.0. The Morgan fingerprint density at radius 2 is 0.578 bits per heavy atom. The van der Waals surface area contributed by atoms with Gasteiger partial charge >= 0.3 is 0 Å². The van der Waals surface area contributed by atoms with Gasteiger partial charge in [-0.1, -0.05) is 213 Å². The first-order valence-electron chi connectivity index (χ1n) is 44.9. The van der Waals surface area contributed by atoms with Crippen molar-refractivity contribution in [3.8, 4) is 79.3 Å². The predicted octanol–water partition coefficient (Wildman–Crippen LogP) is 31.6. The maximum absolute atomic E-state index is 14.7. The third kappa shape index (κ3) is 23.5. The molecule has 5 unspecified atom stereocenters. The molecule has 20 rings (SSSR count). The maximum atomic E-state index is 14.7. The van der Waals surface area contributed by atoms with Crippen molar-refractivity contribution >= 4 is 177 Å². The number of pyridine rings is 5. The van der Waals surface area contributed by atoms with Crippen LogP contribution in [-0.2, 0) is 12.8 Å². The third-order valence-corrected chi connectivity index (χ3v) is 27.2. The highest BCUT2D eigenvalue weighted by Crippen LogP contribution is 2.43. The van der Waals surface area contributed by atoms with E-state index in [9.17, 15) is 26.3 Å². The van der Waals surface area contributed by atoms with E-state index in [2.05, 4.69) is 37.1 Å². The molecule has 10 aromatic heterocycles. The Morgan fingerprint density at radius 3 is 0.925 bits per heavy atom. The Labute approximate surface area is 888 Å². The quantitative estimate of drug-likeness (QED) is 0.0337. The molecule has 744 valence electrons. The number of nitrogens with zero attached hydrogens (tertiary/aromatic N) is 12. The number of methoxy groups -OCH3 is 2. The number of nitrogens with two attached hydrogens (primary N) is 1. The predicted molar refractivity (Wildman–Crippen MR) is 569 cm³/mol. The van der Waals surface area contributed by atoms with Crippen LogP contribution in [0.25, 0.3) is 111 Å². The number of nitrogen functional groups attached to an aromatic ring is 1. The monoisotopic (exact) mass is 2170 g/mol. The summed E-state index contributed by atoms with van der Waals surface area (Å²) < 4.78 is 102. The molecule has 0 saturated carbocycles. The molecular weight excluding hydrogens is 2100 g/mol. The van der Waals surface area contributed by atoms with Crippen LogP contribution in [0.2, 0.25) is 50.2 Å². The van der Waals surface area contributed by atoms with E-state index in [-0.39, 0.29) is 30.9 Å². The topological polar surface area (TPSA) is 227 Å². The Kier molecular flexibility index (Phi) is 33.6. The number of rotatable bonds is 24. The summed E-state index contributed by atoms with van der Waals surface area (Å²) in [6.45, 7) is 8.72. The van der Waals surface area contributed by atoms with Crippen molar-refractivity contribution in [1.82, 2.24) is 48.6 Å². The minimum absolute atomic E-state index is 0.0469. The number of para-hydroxylation sites is 2. The van der Waals surface area contributed by atoms with Crippen LogP contribution in [0.15, 0.2) is 299 Å². The van der Waals surface area contributed by atoms with Crippen LogP contribution in [0.5, 0.6) is 11.5 Å². The molecule has 0 saturated heterocycles. The summed E-state index contributed by atoms with van der Waals surface area (Å²) in [6.07, 6.45) is 15.0. The molecule has 0 radical (unpaired) electrons. The van der Waals surface area contributed by atoms with Crippen molar-refractivity contribution in [2.24, 2.45) is 0 Å². The Morgan fingerprint density at radius 1 is 0.293 bits per heavy atom. The SMILES string of the molecule is CC(On1ccc2ncc(-c3ccc(CC#N)cc3)cc21)c1c(Cl)ccc(F)c1Cl.CC(On1ccc2ncc(-c3cccc(CC#N)c3)cc21)c1c(Cl)ccc(F)c1Cl.CC(On1ccc2ncc(-c3ccccc3N)cc21)c1c(Cl)ccc(F)c1Cl.COc1cccc(-c2cnc3ccn(OC(C)c4c(Cl)ccc(F)c4Cl)c3c2)c1F.COc1ccccc1-c1cnc2ccn(OC(C)c3c(Cl)ccc(F)c3Cl)c2c1. The summed E-state index contributed by atoms with van der Waals surface area (Å²) in [6, 6.07) is 72.0. The van der Waals surface area contributed by atoms with Crippen molar-refractivity contribution in [2.75, 3.05) is 20.0 Å². The number of fused-ring (bicyclic) bond motifs is 5. The molecule has 2 N–H and O–H groups in total. The molecule has 0 fully saturated rings. The van der Waals surface area contributed by atoms with Gasteiger partial charge in [-0.3, -0.25) is 24.9 Å². The van der Waals surface area contributed by atoms with Gasteiger partial charge in [0.2, 0.25) is 0 Å². The summed E-state index contributed by atoms with van der Waals surface area (Å²) in [7, 11) is 3.04. The lowest BCUT2D eigenvalue weighted by molar-refractivity contribution is 0.0561. The van der Waals surface area contributed by atoms with Gasteiger partial charge in [0.1, 0.15) is 62.4 Å². The highest BCUT2D eigenvalue weighted by Gasteiger charge is 2.28. The lowest BCUT2D eigenvalue weighted by atomic mass is 10.0. The largest absolute Gasteiger partial charge is 0.496 e. The lowest BCUT2D eigenvalue weighted by Crippen LogP contribution is -2.16. The first-order valence-corrected chi connectivity index (χ1v) is 48.7. The van der Waals surface area contributed by atoms with E-state index in [1.807, 2.05) is 146 Å². The molecule has 10 aromatic carbocycles. The molecular formula is C111H81Cl10F6N13O7. The molecule has 0 spiro atoms. The Balaban J connectivity index is 0.000000131. The molecule has 20 aromatic rings. The average Bonchev–Trinajstić information content (AvgIpc) is 1.69. The highest BCUT2D eigenvalue weighted by atomic mass is 35.5. The van der Waals surface area contributed by atoms with E-state index >= 15 is 0 Å². The first-order chi connectivity index (χ1) is 70.8. The summed E-state index contributed by atoms with van der Waals surface area (Å²) >= 11 is 61.6. The molecule has 5 atom stereocenters. The smallest absolute Gasteiger partial charge is 0.172 e. The molecule has 20 nitrogen and oxygen atoms in total. The third-order valence-electron chi connectivity index (χ3n) is 23.6. The molecule has 0 aliphatic carbocycles. The maximum Gasteiger partial charge on any atom is 0.172 e. The van der Waals surface area contributed by atoms with Gasteiger partial charge in [0.25, 0.3) is 0 Å². The zero-order chi connectivity index (χ0) is 104. The molecule has 0 amide bonds. The van der Waals surface area contributed by atoms with Crippen molar-refractivity contribution < 1.29 is 60.0 Å². The minimum atomic E-state index is -0.659. The van der Waals surface area contributed by atoms with Gasteiger partial charge in [-0.15, -0.1) is 0 Å². The van der Waals surface area contributed by atoms with Crippen LogP contribution < -0.4 is 39.4 Å². The normalized spacial score (nSPS) is 12.1. The zero-order valence-electron chi connectivity index (χ0n) is 78.4. The lowest BCUT2D eigenvalue weighted by Gasteiger charge is -2.19. The van der Waals surface area contributed by atoms with E-state index in [4.69, 9.17) is 166 Å². The van der Waals surface area contributed by atoms with Crippen LogP contribution in [0, 0.1) is 57.6 Å². The van der Waals surface area contributed by atoms with Crippen LogP contribution in [0.1, 0.15) is 104 Å². The van der Waals surface area contributed by atoms with E-state index in [1.165, 1.54) is 72.5 Å². The number of nitriles is 2. The summed E-state index contributed by atoms with van der Waals surface area (Å²) in [5.41, 5.74) is 26.0. The van der Waals surface area contributed by atoms with E-state index < -0.39 is 65.4 Å². The molecule has 36 heteroatoms. The molecule has 0 aliphatic rings. The van der Waals surface area contributed by atoms with Gasteiger partial charge in [-0.05, 0) is 196 Å². The standard InChI is InChI=1S/2C23H16Cl2FN3O.C22H16Cl2F2N2O2.C22H17Cl2FN2O2.C21H16Cl2FN3O/c1-14(22-18(24)6-7-19(26)23(22)25)30-29-11-9-20-21(29)12-17(13-28-20)16-4-2-15(3-5-16)8-10-27;1-14(22-18(24)5-6-19(26)23(22)25)30-29-10-8-20-21(29)12-17(13-28-20)16-4-2-3-15(11-16)7-9-27;1-12(20-15(23)6-7-16(25)21(20)24)30-28-9-8-17-18(28)10-13(11-27-17)14-4-3-5-19(29-2)22(14)26;1-13(21-16(23)7-8-17(25)22(21)24)29-27-10-9-18-19(27)11-14(12-26-18)15-5-3-4-6-20(15)28-2;1-12(20-15(22)6-7-16(24)21(20)23)28-27-9-8-18-19(27)10-13(11-26-18)14-4-2-3-5-17(14)25/h2-7,9,11-14H,8H2,1H3;2-6,8,10-14H,7H2,1H3;3-12H,1-2H3;3-13H,1-2H3;2-12H,25H2,1H3. The summed E-state index contributed by atoms with van der Waals surface area (Å²) in [5, 5.41) is 19.1.